The van der Waals surface area contributed by atoms with Gasteiger partial charge in [0, 0.05) is 10.6 Å². The molecule has 2 heterocycles. The summed E-state index contributed by atoms with van der Waals surface area (Å²) in [5.74, 6) is 2.57. The number of nitrogens with one attached hydrogen (secondary N) is 1. The van der Waals surface area contributed by atoms with Crippen molar-refractivity contribution < 1.29 is 4.79 Å². The second kappa shape index (κ2) is 7.35. The fourth-order valence-electron chi connectivity index (χ4n) is 5.82. The maximum Gasteiger partial charge on any atom is 0.262 e. The first-order valence-corrected chi connectivity index (χ1v) is 11.7. The maximum absolute atomic E-state index is 12.9. The van der Waals surface area contributed by atoms with Crippen molar-refractivity contribution in [2.75, 3.05) is 0 Å². The molecule has 4 aliphatic carbocycles. The number of rotatable bonds is 5. The van der Waals surface area contributed by atoms with Crippen molar-refractivity contribution in [3.8, 4) is 0 Å². The summed E-state index contributed by atoms with van der Waals surface area (Å²) in [4.78, 5) is 32.0. The molecular formula is C22H28N4O2S. The zero-order valence-electron chi connectivity index (χ0n) is 17.1. The van der Waals surface area contributed by atoms with Crippen LogP contribution in [0.1, 0.15) is 63.3 Å². The van der Waals surface area contributed by atoms with Gasteiger partial charge < -0.3 is 0 Å². The number of hydrazone groups is 1. The predicted octanol–water partition coefficient (Wildman–Crippen LogP) is 3.90. The van der Waals surface area contributed by atoms with Crippen LogP contribution in [0.2, 0.25) is 0 Å². The molecule has 4 saturated carbocycles. The van der Waals surface area contributed by atoms with Crippen molar-refractivity contribution in [1.29, 1.82) is 0 Å². The Kier molecular flexibility index (Phi) is 4.81. The van der Waals surface area contributed by atoms with E-state index in [-0.39, 0.29) is 11.5 Å². The van der Waals surface area contributed by atoms with Crippen molar-refractivity contribution in [3.05, 3.63) is 27.6 Å². The molecule has 1 atom stereocenters. The molecule has 2 aromatic heterocycles. The molecule has 4 fully saturated rings. The number of aromatic nitrogens is 2. The molecule has 4 aliphatic rings. The van der Waals surface area contributed by atoms with E-state index >= 15 is 0 Å². The van der Waals surface area contributed by atoms with E-state index < -0.39 is 6.04 Å². The fourth-order valence-corrected chi connectivity index (χ4v) is 6.91. The van der Waals surface area contributed by atoms with Gasteiger partial charge >= 0.3 is 0 Å². The molecule has 1 N–H and O–H groups in total. The van der Waals surface area contributed by atoms with Gasteiger partial charge in [-0.1, -0.05) is 13.3 Å². The number of aryl methyl sites for hydroxylation is 1. The summed E-state index contributed by atoms with van der Waals surface area (Å²) in [5, 5.41) is 5.18. The number of fused-ring (bicyclic) bond motifs is 1. The molecule has 0 aliphatic heterocycles. The fraction of sp³-hybridized carbons (Fsp3) is 0.636. The summed E-state index contributed by atoms with van der Waals surface area (Å²) in [6, 6.07) is 1.28. The minimum Gasteiger partial charge on any atom is -0.286 e. The summed E-state index contributed by atoms with van der Waals surface area (Å²) in [6.45, 7) is 3.86. The van der Waals surface area contributed by atoms with Crippen LogP contribution in [-0.2, 0) is 11.2 Å². The van der Waals surface area contributed by atoms with Crippen LogP contribution in [0.15, 0.2) is 22.3 Å². The Hall–Kier alpha value is -2.02. The Morgan fingerprint density at radius 1 is 1.28 bits per heavy atom. The van der Waals surface area contributed by atoms with Crippen LogP contribution in [0, 0.1) is 23.7 Å². The highest BCUT2D eigenvalue weighted by molar-refractivity contribution is 7.18. The second-order valence-corrected chi connectivity index (χ2v) is 10.2. The molecule has 29 heavy (non-hydrogen) atoms. The minimum absolute atomic E-state index is 0.154. The molecule has 4 bridgehead atoms. The normalized spacial score (nSPS) is 28.7. The van der Waals surface area contributed by atoms with Crippen LogP contribution in [0.25, 0.3) is 10.2 Å². The van der Waals surface area contributed by atoms with Gasteiger partial charge in [-0.3, -0.25) is 14.2 Å². The van der Waals surface area contributed by atoms with Gasteiger partial charge in [0.15, 0.2) is 0 Å². The van der Waals surface area contributed by atoms with Gasteiger partial charge in [-0.2, -0.15) is 5.10 Å². The maximum atomic E-state index is 12.9. The highest BCUT2D eigenvalue weighted by Gasteiger charge is 2.46. The van der Waals surface area contributed by atoms with E-state index in [0.717, 1.165) is 34.4 Å². The topological polar surface area (TPSA) is 76.3 Å². The van der Waals surface area contributed by atoms with Gasteiger partial charge in [0.1, 0.15) is 10.9 Å². The van der Waals surface area contributed by atoms with Gasteiger partial charge in [0.05, 0.1) is 11.7 Å². The molecule has 6 nitrogen and oxygen atoms in total. The third-order valence-corrected chi connectivity index (χ3v) is 8.19. The highest BCUT2D eigenvalue weighted by Crippen LogP contribution is 2.52. The van der Waals surface area contributed by atoms with Crippen LogP contribution < -0.4 is 11.0 Å². The molecule has 0 radical (unpaired) electrons. The van der Waals surface area contributed by atoms with Crippen LogP contribution in [-0.4, -0.2) is 21.2 Å². The molecule has 6 rings (SSSR count). The van der Waals surface area contributed by atoms with Crippen molar-refractivity contribution in [2.45, 2.75) is 64.8 Å². The number of carbonyl (C=O) groups excluding carboxylic acids is 1. The summed E-state index contributed by atoms with van der Waals surface area (Å²) < 4.78 is 1.43. The molecule has 154 valence electrons. The predicted molar refractivity (Wildman–Crippen MR) is 115 cm³/mol. The summed E-state index contributed by atoms with van der Waals surface area (Å²) in [6.07, 6.45) is 9.79. The summed E-state index contributed by atoms with van der Waals surface area (Å²) in [7, 11) is 0. The Labute approximate surface area is 174 Å². The first-order valence-electron chi connectivity index (χ1n) is 10.9. The summed E-state index contributed by atoms with van der Waals surface area (Å²) >= 11 is 1.56. The van der Waals surface area contributed by atoms with E-state index in [9.17, 15) is 9.59 Å². The monoisotopic (exact) mass is 412 g/mol. The van der Waals surface area contributed by atoms with Gasteiger partial charge in [-0.05, 0) is 75.2 Å². The molecule has 0 saturated heterocycles. The van der Waals surface area contributed by atoms with Gasteiger partial charge in [0.25, 0.3) is 11.5 Å². The van der Waals surface area contributed by atoms with Crippen molar-refractivity contribution >= 4 is 33.2 Å². The molecule has 0 spiro atoms. The van der Waals surface area contributed by atoms with Gasteiger partial charge in [0.2, 0.25) is 0 Å². The first kappa shape index (κ1) is 19.0. The van der Waals surface area contributed by atoms with Gasteiger partial charge in [-0.15, -0.1) is 11.3 Å². The Morgan fingerprint density at radius 3 is 2.62 bits per heavy atom. The molecule has 7 heteroatoms. The third kappa shape index (κ3) is 3.33. The van der Waals surface area contributed by atoms with Gasteiger partial charge in [-0.25, -0.2) is 10.4 Å². The second-order valence-electron chi connectivity index (χ2n) is 9.13. The smallest absolute Gasteiger partial charge is 0.262 e. The van der Waals surface area contributed by atoms with E-state index in [4.69, 9.17) is 0 Å². The van der Waals surface area contributed by atoms with E-state index in [1.165, 1.54) is 48.7 Å². The number of carbonyl (C=O) groups is 1. The number of amides is 1. The quantitative estimate of drug-likeness (QED) is 0.757. The highest BCUT2D eigenvalue weighted by atomic mass is 32.1. The molecule has 2 aromatic rings. The Morgan fingerprint density at radius 2 is 1.97 bits per heavy atom. The summed E-state index contributed by atoms with van der Waals surface area (Å²) in [5.41, 5.74) is 3.81. The van der Waals surface area contributed by atoms with E-state index in [1.807, 2.05) is 6.07 Å². The zero-order chi connectivity index (χ0) is 20.1. The number of nitrogens with zero attached hydrogens (tertiary/aromatic N) is 3. The van der Waals surface area contributed by atoms with E-state index in [1.54, 1.807) is 18.3 Å². The first-order chi connectivity index (χ1) is 14.0. The lowest BCUT2D eigenvalue weighted by atomic mass is 9.55. The molecular weight excluding hydrogens is 384 g/mol. The largest absolute Gasteiger partial charge is 0.286 e. The standard InChI is InChI=1S/C22H28N4O2S/c1-3-4-17-10-18-21(29-17)23-11-26(22(18)28)12(2)20(27)25-24-19-15-6-13-5-14(8-15)9-16(19)7-13/h10-16H,3-9H2,1-2H3,(H,25,27)/t12-,13?,14?,15?,16?/m1/s1. The van der Waals surface area contributed by atoms with Crippen LogP contribution >= 0.6 is 11.3 Å². The van der Waals surface area contributed by atoms with E-state index in [2.05, 4.69) is 22.4 Å². The average Bonchev–Trinajstić information content (AvgIpc) is 3.10. The number of hydrogen-bond acceptors (Lipinski definition) is 5. The lowest BCUT2D eigenvalue weighted by Gasteiger charge is -2.50. The third-order valence-electron chi connectivity index (χ3n) is 7.09. The molecule has 0 aromatic carbocycles. The lowest BCUT2D eigenvalue weighted by molar-refractivity contribution is -0.123. The molecule has 1 amide bonds. The molecule has 0 unspecified atom stereocenters. The van der Waals surface area contributed by atoms with Crippen LogP contribution in [0.5, 0.6) is 0 Å². The Balaban J connectivity index is 1.34. The average molecular weight is 413 g/mol. The van der Waals surface area contributed by atoms with Crippen molar-refractivity contribution in [3.63, 3.8) is 0 Å². The number of hydrogen-bond donors (Lipinski definition) is 1. The van der Waals surface area contributed by atoms with E-state index in [0.29, 0.717) is 17.2 Å². The van der Waals surface area contributed by atoms with Crippen LogP contribution in [0.3, 0.4) is 0 Å². The number of thiophene rings is 1. The lowest BCUT2D eigenvalue weighted by Crippen LogP contribution is -2.46. The van der Waals surface area contributed by atoms with Crippen molar-refractivity contribution in [1.82, 2.24) is 15.0 Å². The SMILES string of the molecule is CCCc1cc2c(=O)n([C@H](C)C(=O)NN=C3C4CC5CC(C4)CC3C5)cnc2s1. The van der Waals surface area contributed by atoms with Crippen LogP contribution in [0.4, 0.5) is 0 Å². The Bertz CT molecular complexity index is 1010. The van der Waals surface area contributed by atoms with Crippen molar-refractivity contribution in [2.24, 2.45) is 28.8 Å². The minimum atomic E-state index is -0.643. The zero-order valence-corrected chi connectivity index (χ0v) is 17.9.